The second kappa shape index (κ2) is 10.3. The summed E-state index contributed by atoms with van der Waals surface area (Å²) in [6.07, 6.45) is 0. The van der Waals surface area contributed by atoms with Gasteiger partial charge in [-0.3, -0.25) is 13.9 Å². The van der Waals surface area contributed by atoms with Gasteiger partial charge in [0, 0.05) is 13.1 Å². The van der Waals surface area contributed by atoms with E-state index in [4.69, 9.17) is 4.74 Å². The fourth-order valence-electron chi connectivity index (χ4n) is 3.48. The molecule has 0 bridgehead atoms. The monoisotopic (exact) mass is 503 g/mol. The van der Waals surface area contributed by atoms with Gasteiger partial charge >= 0.3 is 0 Å². The molecular weight excluding hydrogens is 481 g/mol. The highest BCUT2D eigenvalue weighted by atomic mass is 32.2. The van der Waals surface area contributed by atoms with E-state index in [1.807, 2.05) is 0 Å². The lowest BCUT2D eigenvalue weighted by molar-refractivity contribution is -0.114. The number of sulfonamides is 1. The number of amides is 2. The first kappa shape index (κ1) is 23.9. The molecule has 1 saturated heterocycles. The fourth-order valence-corrected chi connectivity index (χ4v) is 6.00. The van der Waals surface area contributed by atoms with Crippen LogP contribution in [0.15, 0.2) is 70.3 Å². The number of anilines is 2. The number of halogens is 1. The zero-order chi connectivity index (χ0) is 24.1. The van der Waals surface area contributed by atoms with Gasteiger partial charge in [0.05, 0.1) is 30.2 Å². The Hall–Kier alpha value is -3.28. The van der Waals surface area contributed by atoms with Crippen molar-refractivity contribution in [3.63, 3.8) is 0 Å². The van der Waals surface area contributed by atoms with Crippen LogP contribution >= 0.6 is 11.3 Å². The zero-order valence-electron chi connectivity index (χ0n) is 18.0. The van der Waals surface area contributed by atoms with Crippen molar-refractivity contribution in [2.24, 2.45) is 0 Å². The maximum absolute atomic E-state index is 13.5. The molecule has 11 heteroatoms. The highest BCUT2D eigenvalue weighted by Crippen LogP contribution is 2.27. The topological polar surface area (TPSA) is 96.0 Å². The fraction of sp³-hybridized carbons (Fsp3) is 0.217. The van der Waals surface area contributed by atoms with E-state index in [1.165, 1.54) is 18.2 Å². The molecule has 1 fully saturated rings. The summed E-state index contributed by atoms with van der Waals surface area (Å²) >= 11 is 1.01. The first-order valence-corrected chi connectivity index (χ1v) is 12.8. The van der Waals surface area contributed by atoms with Crippen LogP contribution in [-0.2, 0) is 19.6 Å². The number of hydrogen-bond acceptors (Lipinski definition) is 6. The van der Waals surface area contributed by atoms with Crippen molar-refractivity contribution in [3.05, 3.63) is 77.4 Å². The standard InChI is InChI=1S/C23H22FN3O5S2/c24-17-7-9-18(10-8-17)27(34(30,31)22-6-3-15-33-22)16-21(28)25-20-5-2-1-4-19(20)23(29)26-11-13-32-14-12-26/h1-10,15H,11-14,16H2,(H,25,28). The van der Waals surface area contributed by atoms with Crippen molar-refractivity contribution >= 4 is 44.5 Å². The quantitative estimate of drug-likeness (QED) is 0.534. The summed E-state index contributed by atoms with van der Waals surface area (Å²) < 4.78 is 46.2. The molecule has 0 saturated carbocycles. The van der Waals surface area contributed by atoms with Gasteiger partial charge in [0.15, 0.2) is 0 Å². The van der Waals surface area contributed by atoms with E-state index in [0.717, 1.165) is 27.8 Å². The molecule has 0 spiro atoms. The second-order valence-corrected chi connectivity index (χ2v) is 10.5. The lowest BCUT2D eigenvalue weighted by atomic mass is 10.1. The van der Waals surface area contributed by atoms with E-state index in [1.54, 1.807) is 40.6 Å². The largest absolute Gasteiger partial charge is 0.378 e. The second-order valence-electron chi connectivity index (χ2n) is 7.42. The number of ether oxygens (including phenoxy) is 1. The van der Waals surface area contributed by atoms with Crippen LogP contribution in [0.25, 0.3) is 0 Å². The molecule has 2 amide bonds. The van der Waals surface area contributed by atoms with E-state index in [9.17, 15) is 22.4 Å². The Labute approximate surface area is 200 Å². The molecular formula is C23H22FN3O5S2. The Balaban J connectivity index is 1.58. The Morgan fingerprint density at radius 3 is 2.41 bits per heavy atom. The molecule has 34 heavy (non-hydrogen) atoms. The molecule has 1 aromatic heterocycles. The maximum atomic E-state index is 13.5. The number of rotatable bonds is 7. The van der Waals surface area contributed by atoms with Crippen molar-refractivity contribution in [2.75, 3.05) is 42.5 Å². The molecule has 8 nitrogen and oxygen atoms in total. The molecule has 2 heterocycles. The van der Waals surface area contributed by atoms with Crippen molar-refractivity contribution in [3.8, 4) is 0 Å². The average molecular weight is 504 g/mol. The molecule has 2 aromatic carbocycles. The van der Waals surface area contributed by atoms with Crippen LogP contribution in [0, 0.1) is 5.82 Å². The van der Waals surface area contributed by atoms with Crippen molar-refractivity contribution < 1.29 is 27.1 Å². The maximum Gasteiger partial charge on any atom is 0.274 e. The molecule has 1 N–H and O–H groups in total. The highest BCUT2D eigenvalue weighted by Gasteiger charge is 2.29. The van der Waals surface area contributed by atoms with E-state index < -0.39 is 28.3 Å². The molecule has 0 radical (unpaired) electrons. The number of benzene rings is 2. The summed E-state index contributed by atoms with van der Waals surface area (Å²) in [5.74, 6) is -1.43. The summed E-state index contributed by atoms with van der Waals surface area (Å²) in [4.78, 5) is 27.6. The van der Waals surface area contributed by atoms with Gasteiger partial charge in [-0.15, -0.1) is 11.3 Å². The van der Waals surface area contributed by atoms with Crippen LogP contribution in [0.5, 0.6) is 0 Å². The van der Waals surface area contributed by atoms with Crippen LogP contribution in [0.1, 0.15) is 10.4 Å². The molecule has 3 aromatic rings. The van der Waals surface area contributed by atoms with Gasteiger partial charge < -0.3 is 15.0 Å². The zero-order valence-corrected chi connectivity index (χ0v) is 19.6. The smallest absolute Gasteiger partial charge is 0.274 e. The number of thiophene rings is 1. The minimum atomic E-state index is -4.08. The SMILES string of the molecule is O=C(CN(c1ccc(F)cc1)S(=O)(=O)c1cccs1)Nc1ccccc1C(=O)N1CCOCC1. The molecule has 1 aliphatic rings. The summed E-state index contributed by atoms with van der Waals surface area (Å²) in [5.41, 5.74) is 0.714. The molecule has 0 unspecified atom stereocenters. The Kier molecular flexibility index (Phi) is 7.25. The van der Waals surface area contributed by atoms with Crippen LogP contribution in [0.4, 0.5) is 15.8 Å². The van der Waals surface area contributed by atoms with Crippen LogP contribution in [-0.4, -0.2) is 58.0 Å². The van der Waals surface area contributed by atoms with Gasteiger partial charge in [-0.2, -0.15) is 0 Å². The van der Waals surface area contributed by atoms with Gasteiger partial charge in [-0.25, -0.2) is 12.8 Å². The first-order chi connectivity index (χ1) is 16.4. The third-order valence-corrected chi connectivity index (χ3v) is 8.32. The lowest BCUT2D eigenvalue weighted by Gasteiger charge is -2.28. The van der Waals surface area contributed by atoms with E-state index >= 15 is 0 Å². The molecule has 0 aliphatic carbocycles. The number of nitrogens with one attached hydrogen (secondary N) is 1. The predicted octanol–water partition coefficient (Wildman–Crippen LogP) is 3.19. The minimum absolute atomic E-state index is 0.0486. The minimum Gasteiger partial charge on any atom is -0.378 e. The molecule has 0 atom stereocenters. The predicted molar refractivity (Wildman–Crippen MR) is 127 cm³/mol. The Morgan fingerprint density at radius 2 is 1.74 bits per heavy atom. The number of para-hydroxylation sites is 1. The third-order valence-electron chi connectivity index (χ3n) is 5.17. The number of carbonyl (C=O) groups is 2. The van der Waals surface area contributed by atoms with E-state index in [0.29, 0.717) is 31.9 Å². The highest BCUT2D eigenvalue weighted by molar-refractivity contribution is 7.94. The van der Waals surface area contributed by atoms with Gasteiger partial charge in [0.1, 0.15) is 16.6 Å². The van der Waals surface area contributed by atoms with Gasteiger partial charge in [0.25, 0.3) is 15.9 Å². The van der Waals surface area contributed by atoms with E-state index in [-0.39, 0.29) is 21.5 Å². The van der Waals surface area contributed by atoms with Crippen LogP contribution < -0.4 is 9.62 Å². The van der Waals surface area contributed by atoms with E-state index in [2.05, 4.69) is 5.32 Å². The van der Waals surface area contributed by atoms with Gasteiger partial charge in [0.2, 0.25) is 5.91 Å². The number of nitrogens with zero attached hydrogens (tertiary/aromatic N) is 2. The Morgan fingerprint density at radius 1 is 1.03 bits per heavy atom. The summed E-state index contributed by atoms with van der Waals surface area (Å²) in [6, 6.07) is 14.4. The van der Waals surface area contributed by atoms with Gasteiger partial charge in [-0.05, 0) is 47.8 Å². The van der Waals surface area contributed by atoms with Crippen molar-refractivity contribution in [1.82, 2.24) is 4.90 Å². The van der Waals surface area contributed by atoms with Crippen LogP contribution in [0.2, 0.25) is 0 Å². The summed E-state index contributed by atoms with van der Waals surface area (Å²) in [6.45, 7) is 1.20. The number of morpholine rings is 1. The van der Waals surface area contributed by atoms with Crippen molar-refractivity contribution in [1.29, 1.82) is 0 Å². The van der Waals surface area contributed by atoms with Gasteiger partial charge in [-0.1, -0.05) is 18.2 Å². The van der Waals surface area contributed by atoms with Crippen molar-refractivity contribution in [2.45, 2.75) is 4.21 Å². The molecule has 1 aliphatic heterocycles. The summed E-state index contributed by atoms with van der Waals surface area (Å²) in [5, 5.41) is 4.28. The van der Waals surface area contributed by atoms with Crippen LogP contribution in [0.3, 0.4) is 0 Å². The average Bonchev–Trinajstić information content (AvgIpc) is 3.40. The Bertz CT molecular complexity index is 1260. The summed E-state index contributed by atoms with van der Waals surface area (Å²) in [7, 11) is -4.08. The lowest BCUT2D eigenvalue weighted by Crippen LogP contribution is -2.41. The number of carbonyl (C=O) groups excluding carboxylic acids is 2. The third kappa shape index (κ3) is 5.27. The molecule has 4 rings (SSSR count). The molecule has 178 valence electrons. The first-order valence-electron chi connectivity index (χ1n) is 10.4. The normalized spacial score (nSPS) is 14.0. The number of hydrogen-bond donors (Lipinski definition) is 1.